The van der Waals surface area contributed by atoms with Crippen molar-refractivity contribution in [1.82, 2.24) is 5.32 Å². The van der Waals surface area contributed by atoms with Crippen LogP contribution < -0.4 is 5.32 Å². The summed E-state index contributed by atoms with van der Waals surface area (Å²) in [6, 6.07) is -0.0208. The Morgan fingerprint density at radius 3 is 2.44 bits per heavy atom. The number of carboxylic acid groups (broad SMARTS) is 1. The highest BCUT2D eigenvalue weighted by atomic mass is 16.5. The average molecular weight is 229 g/mol. The highest BCUT2D eigenvalue weighted by Crippen LogP contribution is 2.34. The molecular weight excluding hydrogens is 210 g/mol. The Balaban J connectivity index is 2.42. The van der Waals surface area contributed by atoms with Gasteiger partial charge in [-0.05, 0) is 19.3 Å². The molecule has 5 nitrogen and oxygen atoms in total. The summed E-state index contributed by atoms with van der Waals surface area (Å²) in [5.74, 6) is -1.88. The molecule has 0 saturated heterocycles. The van der Waals surface area contributed by atoms with Crippen molar-refractivity contribution < 1.29 is 19.4 Å². The van der Waals surface area contributed by atoms with Crippen molar-refractivity contribution in [3.8, 4) is 0 Å². The zero-order valence-electron chi connectivity index (χ0n) is 9.73. The number of ether oxygens (including phenoxy) is 1. The monoisotopic (exact) mass is 229 g/mol. The first-order valence-electron chi connectivity index (χ1n) is 5.62. The Morgan fingerprint density at radius 2 is 2.06 bits per heavy atom. The molecule has 0 aromatic carbocycles. The topological polar surface area (TPSA) is 75.6 Å². The number of methoxy groups -OCH3 is 1. The third-order valence-corrected chi connectivity index (χ3v) is 3.14. The fourth-order valence-electron chi connectivity index (χ4n) is 1.88. The summed E-state index contributed by atoms with van der Waals surface area (Å²) in [6.45, 7) is 2.42. The van der Waals surface area contributed by atoms with Crippen molar-refractivity contribution >= 4 is 11.9 Å². The van der Waals surface area contributed by atoms with E-state index in [1.54, 1.807) is 7.11 Å². The van der Waals surface area contributed by atoms with E-state index < -0.39 is 11.9 Å². The van der Waals surface area contributed by atoms with Crippen LogP contribution in [0.5, 0.6) is 0 Å². The van der Waals surface area contributed by atoms with Gasteiger partial charge in [0.25, 0.3) is 0 Å². The first-order chi connectivity index (χ1) is 7.60. The standard InChI is InChI=1S/C11H19NO4/c1-3-7(6-16-2)12-10(13)8-4-5-9(8)11(14)15/h7-9H,3-6H2,1-2H3,(H,12,13)(H,14,15). The number of carbonyl (C=O) groups excluding carboxylic acids is 1. The Labute approximate surface area is 95.2 Å². The number of nitrogens with one attached hydrogen (secondary N) is 1. The average Bonchev–Trinajstić information content (AvgIpc) is 2.14. The molecule has 1 saturated carbocycles. The van der Waals surface area contributed by atoms with Gasteiger partial charge in [-0.15, -0.1) is 0 Å². The Bertz CT molecular complexity index is 267. The summed E-state index contributed by atoms with van der Waals surface area (Å²) in [5.41, 5.74) is 0. The van der Waals surface area contributed by atoms with Gasteiger partial charge in [-0.1, -0.05) is 6.92 Å². The van der Waals surface area contributed by atoms with Gasteiger partial charge < -0.3 is 15.2 Å². The molecule has 0 spiro atoms. The lowest BCUT2D eigenvalue weighted by molar-refractivity contribution is -0.153. The molecule has 92 valence electrons. The van der Waals surface area contributed by atoms with Crippen LogP contribution in [0.4, 0.5) is 0 Å². The number of hydrogen-bond donors (Lipinski definition) is 2. The van der Waals surface area contributed by atoms with E-state index >= 15 is 0 Å². The molecule has 1 rings (SSSR count). The first-order valence-corrected chi connectivity index (χ1v) is 5.62. The van der Waals surface area contributed by atoms with Crippen molar-refractivity contribution in [2.24, 2.45) is 11.8 Å². The van der Waals surface area contributed by atoms with Gasteiger partial charge in [0.15, 0.2) is 0 Å². The van der Waals surface area contributed by atoms with Gasteiger partial charge in [0.05, 0.1) is 24.5 Å². The molecule has 16 heavy (non-hydrogen) atoms. The van der Waals surface area contributed by atoms with Crippen LogP contribution in [0.1, 0.15) is 26.2 Å². The zero-order chi connectivity index (χ0) is 12.1. The van der Waals surface area contributed by atoms with Gasteiger partial charge >= 0.3 is 5.97 Å². The SMILES string of the molecule is CCC(COC)NC(=O)C1CCC1C(=O)O. The smallest absolute Gasteiger partial charge is 0.307 e. The number of hydrogen-bond acceptors (Lipinski definition) is 3. The van der Waals surface area contributed by atoms with E-state index in [1.165, 1.54) is 0 Å². The molecule has 5 heteroatoms. The van der Waals surface area contributed by atoms with E-state index in [4.69, 9.17) is 9.84 Å². The van der Waals surface area contributed by atoms with Gasteiger partial charge in [-0.25, -0.2) is 0 Å². The minimum absolute atomic E-state index is 0.0208. The lowest BCUT2D eigenvalue weighted by Crippen LogP contribution is -2.48. The minimum Gasteiger partial charge on any atom is -0.481 e. The van der Waals surface area contributed by atoms with Crippen molar-refractivity contribution in [2.45, 2.75) is 32.2 Å². The number of carbonyl (C=O) groups is 2. The Morgan fingerprint density at radius 1 is 1.44 bits per heavy atom. The fraction of sp³-hybridized carbons (Fsp3) is 0.818. The molecule has 0 aliphatic heterocycles. The molecule has 1 fully saturated rings. The summed E-state index contributed by atoms with van der Waals surface area (Å²) in [6.07, 6.45) is 2.06. The highest BCUT2D eigenvalue weighted by molar-refractivity contribution is 5.86. The first kappa shape index (κ1) is 13.0. The minimum atomic E-state index is -0.869. The normalized spacial score (nSPS) is 25.6. The molecule has 3 unspecified atom stereocenters. The second-order valence-electron chi connectivity index (χ2n) is 4.20. The molecular formula is C11H19NO4. The third kappa shape index (κ3) is 2.95. The molecule has 1 amide bonds. The molecule has 3 atom stereocenters. The number of carboxylic acids is 1. The van der Waals surface area contributed by atoms with Gasteiger partial charge in [-0.3, -0.25) is 9.59 Å². The summed E-state index contributed by atoms with van der Waals surface area (Å²) >= 11 is 0. The summed E-state index contributed by atoms with van der Waals surface area (Å²) < 4.78 is 4.97. The zero-order valence-corrected chi connectivity index (χ0v) is 9.73. The van der Waals surface area contributed by atoms with Gasteiger partial charge in [-0.2, -0.15) is 0 Å². The summed E-state index contributed by atoms with van der Waals surface area (Å²) in [5, 5.41) is 11.7. The second-order valence-corrected chi connectivity index (χ2v) is 4.20. The maximum Gasteiger partial charge on any atom is 0.307 e. The van der Waals surface area contributed by atoms with Gasteiger partial charge in [0, 0.05) is 7.11 Å². The number of amides is 1. The van der Waals surface area contributed by atoms with Crippen LogP contribution in [0, 0.1) is 11.8 Å². The van der Waals surface area contributed by atoms with E-state index in [2.05, 4.69) is 5.32 Å². The Kier molecular flexibility index (Phi) is 4.73. The molecule has 0 radical (unpaired) electrons. The van der Waals surface area contributed by atoms with Crippen molar-refractivity contribution in [3.63, 3.8) is 0 Å². The van der Waals surface area contributed by atoms with E-state index in [0.29, 0.717) is 19.4 Å². The predicted molar refractivity (Wildman–Crippen MR) is 57.9 cm³/mol. The molecule has 0 heterocycles. The highest BCUT2D eigenvalue weighted by Gasteiger charge is 2.41. The van der Waals surface area contributed by atoms with Crippen LogP contribution in [-0.2, 0) is 14.3 Å². The van der Waals surface area contributed by atoms with Crippen molar-refractivity contribution in [2.75, 3.05) is 13.7 Å². The van der Waals surface area contributed by atoms with Crippen molar-refractivity contribution in [1.29, 1.82) is 0 Å². The van der Waals surface area contributed by atoms with Crippen LogP contribution >= 0.6 is 0 Å². The van der Waals surface area contributed by atoms with Crippen LogP contribution in [0.15, 0.2) is 0 Å². The molecule has 0 bridgehead atoms. The lowest BCUT2D eigenvalue weighted by Gasteiger charge is -2.33. The maximum atomic E-state index is 11.8. The van der Waals surface area contributed by atoms with Crippen LogP contribution in [0.25, 0.3) is 0 Å². The summed E-state index contributed by atoms with van der Waals surface area (Å²) in [7, 11) is 1.58. The largest absolute Gasteiger partial charge is 0.481 e. The second kappa shape index (κ2) is 5.84. The lowest BCUT2D eigenvalue weighted by atomic mass is 9.73. The van der Waals surface area contributed by atoms with Crippen molar-refractivity contribution in [3.05, 3.63) is 0 Å². The molecule has 2 N–H and O–H groups in total. The van der Waals surface area contributed by atoms with Crippen LogP contribution in [0.2, 0.25) is 0 Å². The van der Waals surface area contributed by atoms with E-state index in [0.717, 1.165) is 6.42 Å². The Hall–Kier alpha value is -1.10. The van der Waals surface area contributed by atoms with Crippen LogP contribution in [0.3, 0.4) is 0 Å². The van der Waals surface area contributed by atoms with E-state index in [9.17, 15) is 9.59 Å². The predicted octanol–water partition coefficient (Wildman–Crippen LogP) is 0.638. The maximum absolute atomic E-state index is 11.8. The van der Waals surface area contributed by atoms with E-state index in [1.807, 2.05) is 6.92 Å². The number of rotatable bonds is 6. The van der Waals surface area contributed by atoms with E-state index in [-0.39, 0.29) is 17.9 Å². The van der Waals surface area contributed by atoms with Gasteiger partial charge in [0.1, 0.15) is 0 Å². The molecule has 1 aliphatic rings. The third-order valence-electron chi connectivity index (χ3n) is 3.14. The van der Waals surface area contributed by atoms with Gasteiger partial charge in [0.2, 0.25) is 5.91 Å². The molecule has 0 aromatic heterocycles. The molecule has 0 aromatic rings. The quantitative estimate of drug-likeness (QED) is 0.700. The van der Waals surface area contributed by atoms with Crippen LogP contribution in [-0.4, -0.2) is 36.7 Å². The number of aliphatic carboxylic acids is 1. The summed E-state index contributed by atoms with van der Waals surface area (Å²) in [4.78, 5) is 22.5. The molecule has 1 aliphatic carbocycles. The fourth-order valence-corrected chi connectivity index (χ4v) is 1.88.